The van der Waals surface area contributed by atoms with Gasteiger partial charge in [-0.15, -0.1) is 0 Å². The van der Waals surface area contributed by atoms with Gasteiger partial charge in [0.15, 0.2) is 22.3 Å². The van der Waals surface area contributed by atoms with Gasteiger partial charge in [-0.1, -0.05) is 17.8 Å². The van der Waals surface area contributed by atoms with Crippen LogP contribution in [0, 0.1) is 0 Å². The lowest BCUT2D eigenvalue weighted by atomic mass is 10.2. The molecule has 1 aliphatic rings. The predicted octanol–water partition coefficient (Wildman–Crippen LogP) is 2.25. The van der Waals surface area contributed by atoms with E-state index in [4.69, 9.17) is 14.2 Å². The summed E-state index contributed by atoms with van der Waals surface area (Å²) in [6, 6.07) is 12.8. The van der Waals surface area contributed by atoms with Gasteiger partial charge in [-0.2, -0.15) is 5.10 Å². The highest BCUT2D eigenvalue weighted by Crippen LogP contribution is 2.32. The van der Waals surface area contributed by atoms with E-state index in [1.165, 1.54) is 6.20 Å². The first-order valence-corrected chi connectivity index (χ1v) is 11.0. The van der Waals surface area contributed by atoms with E-state index in [1.807, 2.05) is 30.3 Å². The monoisotopic (exact) mass is 465 g/mol. The molecule has 0 bridgehead atoms. The SMILES string of the molecule is COc1ccc(-n2ncc3c(=O)[nH]c(SCC(=O)NCc4ccc5c(c4)OCO5)nc32)cc1. The molecule has 33 heavy (non-hydrogen) atoms. The number of carbonyl (C=O) groups is 1. The highest BCUT2D eigenvalue weighted by Gasteiger charge is 2.15. The molecule has 11 heteroatoms. The number of H-pyrrole nitrogens is 1. The second kappa shape index (κ2) is 8.87. The number of ether oxygens (including phenoxy) is 3. The normalized spacial score (nSPS) is 12.2. The molecule has 2 aromatic heterocycles. The molecule has 5 rings (SSSR count). The number of benzene rings is 2. The predicted molar refractivity (Wildman–Crippen MR) is 121 cm³/mol. The number of hydrogen-bond acceptors (Lipinski definition) is 8. The molecule has 0 saturated heterocycles. The molecule has 0 radical (unpaired) electrons. The van der Waals surface area contributed by atoms with Gasteiger partial charge >= 0.3 is 0 Å². The topological polar surface area (TPSA) is 120 Å². The Morgan fingerprint density at radius 3 is 2.85 bits per heavy atom. The Morgan fingerprint density at radius 1 is 1.21 bits per heavy atom. The minimum absolute atomic E-state index is 0.0929. The van der Waals surface area contributed by atoms with E-state index < -0.39 is 0 Å². The summed E-state index contributed by atoms with van der Waals surface area (Å²) in [4.78, 5) is 32.0. The number of nitrogens with zero attached hydrogens (tertiary/aromatic N) is 3. The van der Waals surface area contributed by atoms with Crippen LogP contribution in [0.2, 0.25) is 0 Å². The third kappa shape index (κ3) is 4.35. The molecule has 0 aliphatic carbocycles. The Labute approximate surface area is 191 Å². The van der Waals surface area contributed by atoms with Crippen LogP contribution in [0.4, 0.5) is 0 Å². The van der Waals surface area contributed by atoms with E-state index in [-0.39, 0.29) is 24.0 Å². The summed E-state index contributed by atoms with van der Waals surface area (Å²) in [5, 5.41) is 7.84. The molecule has 0 unspecified atom stereocenters. The molecule has 4 aromatic rings. The fourth-order valence-electron chi connectivity index (χ4n) is 3.32. The molecular weight excluding hydrogens is 446 g/mol. The summed E-state index contributed by atoms with van der Waals surface area (Å²) < 4.78 is 17.4. The molecule has 0 atom stereocenters. The fourth-order valence-corrected chi connectivity index (χ4v) is 4.00. The van der Waals surface area contributed by atoms with Crippen molar-refractivity contribution in [1.82, 2.24) is 25.1 Å². The molecule has 168 valence electrons. The number of rotatable bonds is 7. The number of amides is 1. The number of nitrogens with one attached hydrogen (secondary N) is 2. The zero-order valence-electron chi connectivity index (χ0n) is 17.5. The van der Waals surface area contributed by atoms with Crippen LogP contribution in [-0.2, 0) is 11.3 Å². The van der Waals surface area contributed by atoms with Crippen molar-refractivity contribution < 1.29 is 19.0 Å². The number of hydrogen-bond donors (Lipinski definition) is 2. The molecule has 0 fully saturated rings. The van der Waals surface area contributed by atoms with Crippen LogP contribution in [0.3, 0.4) is 0 Å². The van der Waals surface area contributed by atoms with E-state index in [9.17, 15) is 9.59 Å². The second-order valence-electron chi connectivity index (χ2n) is 7.12. The number of methoxy groups -OCH3 is 1. The van der Waals surface area contributed by atoms with Gasteiger partial charge in [-0.05, 0) is 42.0 Å². The quantitative estimate of drug-likeness (QED) is 0.315. The van der Waals surface area contributed by atoms with Crippen molar-refractivity contribution in [1.29, 1.82) is 0 Å². The van der Waals surface area contributed by atoms with E-state index in [0.29, 0.717) is 40.0 Å². The van der Waals surface area contributed by atoms with Gasteiger partial charge in [0.2, 0.25) is 12.7 Å². The minimum Gasteiger partial charge on any atom is -0.497 e. The number of thioether (sulfide) groups is 1. The molecule has 3 heterocycles. The van der Waals surface area contributed by atoms with Crippen molar-refractivity contribution in [2.75, 3.05) is 19.7 Å². The van der Waals surface area contributed by atoms with E-state index in [2.05, 4.69) is 20.4 Å². The molecule has 1 amide bonds. The van der Waals surface area contributed by atoms with Crippen LogP contribution in [0.1, 0.15) is 5.56 Å². The third-order valence-electron chi connectivity index (χ3n) is 5.00. The number of carbonyl (C=O) groups excluding carboxylic acids is 1. The van der Waals surface area contributed by atoms with E-state index >= 15 is 0 Å². The summed E-state index contributed by atoms with van der Waals surface area (Å²) in [6.45, 7) is 0.554. The lowest BCUT2D eigenvalue weighted by Gasteiger charge is -2.07. The Hall–Kier alpha value is -3.99. The van der Waals surface area contributed by atoms with Crippen LogP contribution in [0.25, 0.3) is 16.7 Å². The Kier molecular flexibility index (Phi) is 5.61. The van der Waals surface area contributed by atoms with Crippen molar-refractivity contribution in [3.8, 4) is 22.9 Å². The standard InChI is InChI=1S/C22H19N5O5S/c1-30-15-5-3-14(4-6-15)27-20-16(10-24-27)21(29)26-22(25-20)33-11-19(28)23-9-13-2-7-17-18(8-13)32-12-31-17/h2-8,10H,9,11-12H2,1H3,(H,23,28)(H,25,26,29). The Balaban J connectivity index is 1.26. The van der Waals surface area contributed by atoms with Gasteiger partial charge < -0.3 is 24.5 Å². The summed E-state index contributed by atoms with van der Waals surface area (Å²) in [5.41, 5.74) is 1.73. The van der Waals surface area contributed by atoms with Crippen molar-refractivity contribution >= 4 is 28.7 Å². The average molecular weight is 465 g/mol. The van der Waals surface area contributed by atoms with Gasteiger partial charge in [0.05, 0.1) is 24.7 Å². The van der Waals surface area contributed by atoms with Crippen molar-refractivity contribution in [3.63, 3.8) is 0 Å². The van der Waals surface area contributed by atoms with Crippen LogP contribution >= 0.6 is 11.8 Å². The maximum absolute atomic E-state index is 12.5. The maximum atomic E-state index is 12.5. The van der Waals surface area contributed by atoms with Gasteiger partial charge in [-0.3, -0.25) is 9.59 Å². The van der Waals surface area contributed by atoms with Crippen LogP contribution in [-0.4, -0.2) is 45.3 Å². The summed E-state index contributed by atoms with van der Waals surface area (Å²) >= 11 is 1.14. The number of aromatic nitrogens is 4. The van der Waals surface area contributed by atoms with E-state index in [0.717, 1.165) is 23.0 Å². The van der Waals surface area contributed by atoms with Crippen molar-refractivity contribution in [3.05, 3.63) is 64.6 Å². The molecule has 0 saturated carbocycles. The number of fused-ring (bicyclic) bond motifs is 2. The summed E-state index contributed by atoms with van der Waals surface area (Å²) in [5.74, 6) is 1.98. The van der Waals surface area contributed by atoms with Gasteiger partial charge in [0.1, 0.15) is 11.1 Å². The highest BCUT2D eigenvalue weighted by atomic mass is 32.2. The first-order valence-electron chi connectivity index (χ1n) is 10.0. The zero-order valence-corrected chi connectivity index (χ0v) is 18.3. The molecular formula is C22H19N5O5S. The first-order chi connectivity index (χ1) is 16.1. The van der Waals surface area contributed by atoms with Crippen molar-refractivity contribution in [2.24, 2.45) is 0 Å². The smallest absolute Gasteiger partial charge is 0.262 e. The maximum Gasteiger partial charge on any atom is 0.262 e. The molecule has 2 aromatic carbocycles. The summed E-state index contributed by atoms with van der Waals surface area (Å²) in [6.07, 6.45) is 1.47. The van der Waals surface area contributed by atoms with Crippen LogP contribution in [0.5, 0.6) is 17.2 Å². The molecule has 0 spiro atoms. The third-order valence-corrected chi connectivity index (χ3v) is 5.87. The first kappa shape index (κ1) is 20.9. The lowest BCUT2D eigenvalue weighted by Crippen LogP contribution is -2.24. The lowest BCUT2D eigenvalue weighted by molar-refractivity contribution is -0.118. The van der Waals surface area contributed by atoms with Crippen molar-refractivity contribution in [2.45, 2.75) is 11.7 Å². The Morgan fingerprint density at radius 2 is 2.03 bits per heavy atom. The van der Waals surface area contributed by atoms with Gasteiger partial charge in [-0.25, -0.2) is 9.67 Å². The largest absolute Gasteiger partial charge is 0.497 e. The van der Waals surface area contributed by atoms with Gasteiger partial charge in [0.25, 0.3) is 5.56 Å². The molecule has 2 N–H and O–H groups in total. The van der Waals surface area contributed by atoms with E-state index in [1.54, 1.807) is 23.9 Å². The minimum atomic E-state index is -0.317. The average Bonchev–Trinajstić information content (AvgIpc) is 3.48. The van der Waals surface area contributed by atoms with Crippen LogP contribution in [0.15, 0.2) is 58.6 Å². The number of aromatic amines is 1. The molecule has 1 aliphatic heterocycles. The fraction of sp³-hybridized carbons (Fsp3) is 0.182. The Bertz CT molecular complexity index is 1380. The summed E-state index contributed by atoms with van der Waals surface area (Å²) in [7, 11) is 1.59. The van der Waals surface area contributed by atoms with Gasteiger partial charge in [0, 0.05) is 6.54 Å². The highest BCUT2D eigenvalue weighted by molar-refractivity contribution is 7.99. The second-order valence-corrected chi connectivity index (χ2v) is 8.08. The zero-order chi connectivity index (χ0) is 22.8. The van der Waals surface area contributed by atoms with Crippen LogP contribution < -0.4 is 25.1 Å². The molecule has 10 nitrogen and oxygen atoms in total.